The van der Waals surface area contributed by atoms with Gasteiger partial charge in [0.1, 0.15) is 5.82 Å². The van der Waals surface area contributed by atoms with Gasteiger partial charge in [-0.1, -0.05) is 68.7 Å². The second kappa shape index (κ2) is 10.7. The van der Waals surface area contributed by atoms with Gasteiger partial charge in [-0.15, -0.1) is 6.58 Å². The number of unbranched alkanes of at least 4 members (excludes halogenated alkanes) is 2. The van der Waals surface area contributed by atoms with Crippen LogP contribution in [0.3, 0.4) is 0 Å². The zero-order valence-corrected chi connectivity index (χ0v) is 17.4. The molecule has 0 heterocycles. The first-order valence-electron chi connectivity index (χ1n) is 11.3. The molecule has 150 valence electrons. The molecule has 3 rings (SSSR count). The largest absolute Gasteiger partial charge is 0.206 e. The fourth-order valence-corrected chi connectivity index (χ4v) is 4.68. The van der Waals surface area contributed by atoms with Gasteiger partial charge in [0.2, 0.25) is 0 Å². The van der Waals surface area contributed by atoms with Crippen molar-refractivity contribution in [3.63, 3.8) is 0 Å². The summed E-state index contributed by atoms with van der Waals surface area (Å²) < 4.78 is 14.6. The van der Waals surface area contributed by atoms with Crippen molar-refractivity contribution in [2.24, 2.45) is 17.8 Å². The van der Waals surface area contributed by atoms with E-state index in [0.717, 1.165) is 18.8 Å². The summed E-state index contributed by atoms with van der Waals surface area (Å²) in [5.74, 6) is 8.28. The highest BCUT2D eigenvalue weighted by atomic mass is 19.1. The number of hydrogen-bond donors (Lipinski definition) is 0. The molecule has 1 saturated carbocycles. The Labute approximate surface area is 171 Å². The van der Waals surface area contributed by atoms with Crippen LogP contribution in [0.2, 0.25) is 0 Å². The van der Waals surface area contributed by atoms with E-state index in [1.807, 2.05) is 12.1 Å². The third kappa shape index (κ3) is 5.84. The van der Waals surface area contributed by atoms with E-state index < -0.39 is 0 Å². The van der Waals surface area contributed by atoms with E-state index in [9.17, 15) is 4.39 Å². The highest BCUT2D eigenvalue weighted by Crippen LogP contribution is 2.38. The van der Waals surface area contributed by atoms with Crippen LogP contribution in [0.5, 0.6) is 0 Å². The Morgan fingerprint density at radius 2 is 1.89 bits per heavy atom. The summed E-state index contributed by atoms with van der Waals surface area (Å²) in [6, 6.07) is 5.75. The van der Waals surface area contributed by atoms with E-state index >= 15 is 0 Å². The van der Waals surface area contributed by atoms with E-state index in [2.05, 4.69) is 43.6 Å². The minimum Gasteiger partial charge on any atom is -0.206 e. The van der Waals surface area contributed by atoms with E-state index in [-0.39, 0.29) is 11.7 Å². The van der Waals surface area contributed by atoms with Crippen molar-refractivity contribution in [1.29, 1.82) is 0 Å². The zero-order valence-electron chi connectivity index (χ0n) is 17.4. The molecule has 1 aromatic rings. The second-order valence-electron chi connectivity index (χ2n) is 8.69. The van der Waals surface area contributed by atoms with Crippen molar-refractivity contribution in [2.45, 2.75) is 77.0 Å². The van der Waals surface area contributed by atoms with Gasteiger partial charge in [0, 0.05) is 5.92 Å². The van der Waals surface area contributed by atoms with E-state index in [4.69, 9.17) is 0 Å². The van der Waals surface area contributed by atoms with Gasteiger partial charge in [0.15, 0.2) is 0 Å². The van der Waals surface area contributed by atoms with E-state index in [0.29, 0.717) is 17.4 Å². The van der Waals surface area contributed by atoms with Gasteiger partial charge in [-0.3, -0.25) is 0 Å². The Morgan fingerprint density at radius 3 is 2.54 bits per heavy atom. The fraction of sp³-hybridized carbons (Fsp3) is 0.556. The Kier molecular flexibility index (Phi) is 7.96. The van der Waals surface area contributed by atoms with Crippen molar-refractivity contribution >= 4 is 0 Å². The number of halogens is 1. The molecule has 0 nitrogen and oxygen atoms in total. The lowest BCUT2D eigenvalue weighted by molar-refractivity contribution is 0.302. The molecule has 0 aliphatic heterocycles. The van der Waals surface area contributed by atoms with E-state index in [1.54, 1.807) is 6.07 Å². The number of rotatable bonds is 6. The second-order valence-corrected chi connectivity index (χ2v) is 8.69. The van der Waals surface area contributed by atoms with Crippen LogP contribution < -0.4 is 0 Å². The van der Waals surface area contributed by atoms with Gasteiger partial charge < -0.3 is 0 Å². The maximum atomic E-state index is 14.6. The molecular weight excluding hydrogens is 343 g/mol. The summed E-state index contributed by atoms with van der Waals surface area (Å²) in [5.41, 5.74) is 1.71. The molecule has 0 saturated heterocycles. The SMILES string of the molecule is C=CC1C=CC(C#Cc2ccc(C3CCC(CCCCC)CC3)cc2F)CC1. The molecule has 0 amide bonds. The van der Waals surface area contributed by atoms with Crippen molar-refractivity contribution < 1.29 is 4.39 Å². The molecule has 2 atom stereocenters. The van der Waals surface area contributed by atoms with Crippen LogP contribution >= 0.6 is 0 Å². The number of hydrogen-bond acceptors (Lipinski definition) is 0. The van der Waals surface area contributed by atoms with Crippen LogP contribution in [0.25, 0.3) is 0 Å². The van der Waals surface area contributed by atoms with Crippen molar-refractivity contribution in [1.82, 2.24) is 0 Å². The molecule has 0 N–H and O–H groups in total. The highest BCUT2D eigenvalue weighted by molar-refractivity contribution is 5.39. The summed E-state index contributed by atoms with van der Waals surface area (Å²) >= 11 is 0. The van der Waals surface area contributed by atoms with Gasteiger partial charge in [-0.2, -0.15) is 0 Å². The molecule has 2 aliphatic rings. The highest BCUT2D eigenvalue weighted by Gasteiger charge is 2.22. The van der Waals surface area contributed by atoms with Gasteiger partial charge >= 0.3 is 0 Å². The van der Waals surface area contributed by atoms with Gasteiger partial charge in [0.25, 0.3) is 0 Å². The summed E-state index contributed by atoms with van der Waals surface area (Å²) in [6.45, 7) is 6.11. The zero-order chi connectivity index (χ0) is 19.8. The first kappa shape index (κ1) is 20.9. The molecule has 0 spiro atoms. The topological polar surface area (TPSA) is 0 Å². The first-order chi connectivity index (χ1) is 13.7. The average Bonchev–Trinajstić information content (AvgIpc) is 2.74. The number of allylic oxidation sites excluding steroid dienone is 3. The predicted molar refractivity (Wildman–Crippen MR) is 118 cm³/mol. The Balaban J connectivity index is 1.55. The summed E-state index contributed by atoms with van der Waals surface area (Å²) in [7, 11) is 0. The van der Waals surface area contributed by atoms with Gasteiger partial charge in [-0.05, 0) is 74.0 Å². The molecule has 1 aromatic carbocycles. The lowest BCUT2D eigenvalue weighted by Crippen LogP contribution is -2.13. The fourth-order valence-electron chi connectivity index (χ4n) is 4.68. The maximum Gasteiger partial charge on any atom is 0.139 e. The lowest BCUT2D eigenvalue weighted by atomic mass is 9.77. The van der Waals surface area contributed by atoms with Crippen LogP contribution in [-0.4, -0.2) is 0 Å². The van der Waals surface area contributed by atoms with E-state index in [1.165, 1.54) is 56.9 Å². The maximum absolute atomic E-state index is 14.6. The molecule has 28 heavy (non-hydrogen) atoms. The molecule has 0 radical (unpaired) electrons. The monoisotopic (exact) mass is 378 g/mol. The summed E-state index contributed by atoms with van der Waals surface area (Å²) in [4.78, 5) is 0. The van der Waals surface area contributed by atoms with Gasteiger partial charge in [0.05, 0.1) is 5.56 Å². The standard InChI is InChI=1S/C27H35F/c1-3-5-6-7-22-12-15-24(16-13-22)26-19-18-25(27(28)20-26)17-14-23-10-8-21(4-2)9-11-23/h4,8,10,18-24H,2-3,5-7,9,11-13,15-16H2,1H3. The molecule has 2 unspecified atom stereocenters. The first-order valence-corrected chi connectivity index (χ1v) is 11.3. The van der Waals surface area contributed by atoms with Crippen LogP contribution in [0.1, 0.15) is 88.2 Å². The third-order valence-electron chi connectivity index (χ3n) is 6.62. The quantitative estimate of drug-likeness (QED) is 0.269. The molecule has 0 bridgehead atoms. The minimum absolute atomic E-state index is 0.154. The van der Waals surface area contributed by atoms with Crippen LogP contribution in [0.15, 0.2) is 43.0 Å². The molecular formula is C27H35F. The van der Waals surface area contributed by atoms with Crippen LogP contribution in [-0.2, 0) is 0 Å². The van der Waals surface area contributed by atoms with Crippen LogP contribution in [0.4, 0.5) is 4.39 Å². The smallest absolute Gasteiger partial charge is 0.139 e. The Hall–Kier alpha value is -1.81. The molecule has 1 fully saturated rings. The average molecular weight is 379 g/mol. The van der Waals surface area contributed by atoms with Crippen molar-refractivity contribution in [3.05, 3.63) is 60.0 Å². The summed E-state index contributed by atoms with van der Waals surface area (Å²) in [5, 5.41) is 0. The number of benzene rings is 1. The van der Waals surface area contributed by atoms with Crippen molar-refractivity contribution in [2.75, 3.05) is 0 Å². The lowest BCUT2D eigenvalue weighted by Gasteiger charge is -2.29. The van der Waals surface area contributed by atoms with Crippen LogP contribution in [0, 0.1) is 35.4 Å². The Morgan fingerprint density at radius 1 is 1.07 bits per heavy atom. The molecule has 1 heteroatoms. The third-order valence-corrected chi connectivity index (χ3v) is 6.62. The molecule has 0 aromatic heterocycles. The van der Waals surface area contributed by atoms with Gasteiger partial charge in [-0.25, -0.2) is 4.39 Å². The Bertz CT molecular complexity index is 724. The summed E-state index contributed by atoms with van der Waals surface area (Å²) in [6.07, 6.45) is 18.9. The minimum atomic E-state index is -0.154. The normalized spacial score (nSPS) is 27.1. The molecule has 2 aliphatic carbocycles. The predicted octanol–water partition coefficient (Wildman–Crippen LogP) is 7.80. The van der Waals surface area contributed by atoms with Crippen molar-refractivity contribution in [3.8, 4) is 11.8 Å².